The van der Waals surface area contributed by atoms with E-state index < -0.39 is 0 Å². The van der Waals surface area contributed by atoms with Crippen molar-refractivity contribution in [1.29, 1.82) is 0 Å². The molecule has 1 nitrogen and oxygen atoms in total. The Morgan fingerprint density at radius 3 is 2.58 bits per heavy atom. The van der Waals surface area contributed by atoms with Crippen LogP contribution in [-0.2, 0) is 0 Å². The van der Waals surface area contributed by atoms with Gasteiger partial charge in [0.15, 0.2) is 0 Å². The average molecular weight is 163 g/mol. The van der Waals surface area contributed by atoms with Crippen LogP contribution in [0, 0.1) is 0 Å². The van der Waals surface area contributed by atoms with Crippen LogP contribution in [0.25, 0.3) is 0 Å². The maximum Gasteiger partial charge on any atom is 0.0330 e. The first-order valence-electron chi connectivity index (χ1n) is 4.95. The van der Waals surface area contributed by atoms with E-state index in [1.165, 1.54) is 24.8 Å². The fraction of sp³-hybridized carbons (Fsp3) is 0.636. The Balaban J connectivity index is 2.12. The minimum Gasteiger partial charge on any atom is -0.351 e. The van der Waals surface area contributed by atoms with E-state index >= 15 is 0 Å². The van der Waals surface area contributed by atoms with Crippen molar-refractivity contribution in [2.45, 2.75) is 45.1 Å². The number of nitrogens with zero attached hydrogens (tertiary/aromatic N) is 1. The molecule has 0 saturated heterocycles. The van der Waals surface area contributed by atoms with E-state index in [1.54, 1.807) is 0 Å². The maximum atomic E-state index is 2.39. The molecular weight excluding hydrogens is 146 g/mol. The summed E-state index contributed by atoms with van der Waals surface area (Å²) in [5, 5.41) is 0. The SMILES string of the molecule is CC(C)c1ccn(C2CCC2)c1. The van der Waals surface area contributed by atoms with Crippen LogP contribution in [0.4, 0.5) is 0 Å². The minimum absolute atomic E-state index is 0.673. The molecule has 0 aliphatic heterocycles. The summed E-state index contributed by atoms with van der Waals surface area (Å²) in [6.07, 6.45) is 8.73. The monoisotopic (exact) mass is 163 g/mol. The van der Waals surface area contributed by atoms with Crippen LogP contribution in [-0.4, -0.2) is 4.57 Å². The van der Waals surface area contributed by atoms with E-state index in [1.807, 2.05) is 0 Å². The topological polar surface area (TPSA) is 4.93 Å². The lowest BCUT2D eigenvalue weighted by molar-refractivity contribution is 0.314. The summed E-state index contributed by atoms with van der Waals surface area (Å²) < 4.78 is 2.39. The predicted octanol–water partition coefficient (Wildman–Crippen LogP) is 3.34. The van der Waals surface area contributed by atoms with Crippen LogP contribution in [0.15, 0.2) is 18.5 Å². The fourth-order valence-corrected chi connectivity index (χ4v) is 1.68. The first-order valence-corrected chi connectivity index (χ1v) is 4.95. The summed E-state index contributed by atoms with van der Waals surface area (Å²) in [6.45, 7) is 4.50. The Hall–Kier alpha value is -0.720. The summed E-state index contributed by atoms with van der Waals surface area (Å²) in [5.74, 6) is 0.673. The van der Waals surface area contributed by atoms with Crippen molar-refractivity contribution >= 4 is 0 Å². The molecule has 12 heavy (non-hydrogen) atoms. The molecule has 1 aliphatic rings. The van der Waals surface area contributed by atoms with E-state index in [2.05, 4.69) is 36.9 Å². The smallest absolute Gasteiger partial charge is 0.0330 e. The van der Waals surface area contributed by atoms with Crippen molar-refractivity contribution in [3.05, 3.63) is 24.0 Å². The summed E-state index contributed by atoms with van der Waals surface area (Å²) >= 11 is 0. The van der Waals surface area contributed by atoms with E-state index in [9.17, 15) is 0 Å². The molecule has 1 fully saturated rings. The third kappa shape index (κ3) is 1.28. The highest BCUT2D eigenvalue weighted by molar-refractivity contribution is 5.15. The Morgan fingerprint density at radius 2 is 2.17 bits per heavy atom. The molecule has 0 aromatic carbocycles. The van der Waals surface area contributed by atoms with Gasteiger partial charge in [0, 0.05) is 18.4 Å². The molecule has 1 heterocycles. The number of rotatable bonds is 2. The molecule has 0 spiro atoms. The van der Waals surface area contributed by atoms with Gasteiger partial charge in [-0.25, -0.2) is 0 Å². The van der Waals surface area contributed by atoms with Gasteiger partial charge in [-0.15, -0.1) is 0 Å². The first kappa shape index (κ1) is 7.90. The van der Waals surface area contributed by atoms with Crippen molar-refractivity contribution < 1.29 is 0 Å². The molecule has 0 radical (unpaired) electrons. The van der Waals surface area contributed by atoms with Crippen molar-refractivity contribution in [3.8, 4) is 0 Å². The van der Waals surface area contributed by atoms with Gasteiger partial charge in [-0.05, 0) is 36.8 Å². The standard InChI is InChI=1S/C11H17N/c1-9(2)10-6-7-12(8-10)11-4-3-5-11/h6-9,11H,3-5H2,1-2H3. The molecule has 0 atom stereocenters. The normalized spacial score (nSPS) is 18.2. The Bertz CT molecular complexity index is 256. The lowest BCUT2D eigenvalue weighted by Crippen LogP contribution is -2.14. The average Bonchev–Trinajstić information content (AvgIpc) is 2.32. The molecule has 2 rings (SSSR count). The fourth-order valence-electron chi connectivity index (χ4n) is 1.68. The third-order valence-electron chi connectivity index (χ3n) is 2.90. The zero-order valence-electron chi connectivity index (χ0n) is 7.96. The van der Waals surface area contributed by atoms with Crippen molar-refractivity contribution in [2.24, 2.45) is 0 Å². The molecule has 66 valence electrons. The van der Waals surface area contributed by atoms with Crippen molar-refractivity contribution in [2.75, 3.05) is 0 Å². The molecule has 0 amide bonds. The van der Waals surface area contributed by atoms with Crippen LogP contribution in [0.3, 0.4) is 0 Å². The molecule has 1 saturated carbocycles. The molecule has 1 heteroatoms. The van der Waals surface area contributed by atoms with Gasteiger partial charge in [-0.3, -0.25) is 0 Å². The summed E-state index contributed by atoms with van der Waals surface area (Å²) in [7, 11) is 0. The quantitative estimate of drug-likeness (QED) is 0.630. The highest BCUT2D eigenvalue weighted by Crippen LogP contribution is 2.32. The second-order valence-electron chi connectivity index (χ2n) is 4.13. The van der Waals surface area contributed by atoms with E-state index in [0.29, 0.717) is 5.92 Å². The van der Waals surface area contributed by atoms with E-state index in [-0.39, 0.29) is 0 Å². The first-order chi connectivity index (χ1) is 5.77. The molecule has 0 unspecified atom stereocenters. The third-order valence-corrected chi connectivity index (χ3v) is 2.90. The van der Waals surface area contributed by atoms with Crippen LogP contribution in [0.1, 0.15) is 50.6 Å². The van der Waals surface area contributed by atoms with Gasteiger partial charge in [0.2, 0.25) is 0 Å². The van der Waals surface area contributed by atoms with Gasteiger partial charge in [0.25, 0.3) is 0 Å². The Morgan fingerprint density at radius 1 is 1.42 bits per heavy atom. The number of hydrogen-bond donors (Lipinski definition) is 0. The zero-order chi connectivity index (χ0) is 8.55. The van der Waals surface area contributed by atoms with Gasteiger partial charge < -0.3 is 4.57 Å². The number of hydrogen-bond acceptors (Lipinski definition) is 0. The lowest BCUT2D eigenvalue weighted by Gasteiger charge is -2.27. The molecule has 0 N–H and O–H groups in total. The maximum absolute atomic E-state index is 2.39. The Kier molecular flexibility index (Phi) is 1.95. The van der Waals surface area contributed by atoms with Gasteiger partial charge >= 0.3 is 0 Å². The van der Waals surface area contributed by atoms with Gasteiger partial charge in [0.1, 0.15) is 0 Å². The van der Waals surface area contributed by atoms with Crippen molar-refractivity contribution in [1.82, 2.24) is 4.57 Å². The van der Waals surface area contributed by atoms with E-state index in [0.717, 1.165) is 6.04 Å². The highest BCUT2D eigenvalue weighted by atomic mass is 15.0. The number of aromatic nitrogens is 1. The molecular formula is C11H17N. The van der Waals surface area contributed by atoms with E-state index in [4.69, 9.17) is 0 Å². The molecule has 1 aromatic heterocycles. The lowest BCUT2D eigenvalue weighted by atomic mass is 9.93. The summed E-state index contributed by atoms with van der Waals surface area (Å²) in [5.41, 5.74) is 1.47. The minimum atomic E-state index is 0.673. The van der Waals surface area contributed by atoms with Gasteiger partial charge in [-0.1, -0.05) is 13.8 Å². The van der Waals surface area contributed by atoms with Crippen molar-refractivity contribution in [3.63, 3.8) is 0 Å². The largest absolute Gasteiger partial charge is 0.351 e. The van der Waals surface area contributed by atoms with Gasteiger partial charge in [-0.2, -0.15) is 0 Å². The van der Waals surface area contributed by atoms with Gasteiger partial charge in [0.05, 0.1) is 0 Å². The molecule has 0 bridgehead atoms. The summed E-state index contributed by atoms with van der Waals surface area (Å²) in [4.78, 5) is 0. The predicted molar refractivity (Wildman–Crippen MR) is 51.4 cm³/mol. The second-order valence-corrected chi connectivity index (χ2v) is 4.13. The van der Waals surface area contributed by atoms with Crippen LogP contribution in [0.2, 0.25) is 0 Å². The zero-order valence-corrected chi connectivity index (χ0v) is 7.96. The van der Waals surface area contributed by atoms with Crippen LogP contribution < -0.4 is 0 Å². The molecule has 1 aliphatic carbocycles. The Labute approximate surface area is 74.4 Å². The molecule has 1 aromatic rings. The van der Waals surface area contributed by atoms with Crippen LogP contribution in [0.5, 0.6) is 0 Å². The summed E-state index contributed by atoms with van der Waals surface area (Å²) in [6, 6.07) is 3.07. The highest BCUT2D eigenvalue weighted by Gasteiger charge is 2.18. The van der Waals surface area contributed by atoms with Crippen LogP contribution >= 0.6 is 0 Å². The second kappa shape index (κ2) is 2.96.